The van der Waals surface area contributed by atoms with Gasteiger partial charge in [-0.05, 0) is 0 Å². The number of carbonyl (C=O) groups excluding carboxylic acids is 1. The summed E-state index contributed by atoms with van der Waals surface area (Å²) in [6.07, 6.45) is 0. The summed E-state index contributed by atoms with van der Waals surface area (Å²) in [7, 11) is 0. The SMILES string of the molecule is C[C@@H](CF)C([NH])=O. The Morgan fingerprint density at radius 3 is 2.43 bits per heavy atom. The Bertz CT molecular complexity index is 74.1. The number of amides is 1. The molecule has 0 aliphatic carbocycles. The summed E-state index contributed by atoms with van der Waals surface area (Å²) in [6.45, 7) is 0.664. The molecule has 0 fully saturated rings. The Hall–Kier alpha value is -0.600. The quantitative estimate of drug-likeness (QED) is 0.500. The van der Waals surface area contributed by atoms with Gasteiger partial charge in [0.15, 0.2) is 0 Å². The summed E-state index contributed by atoms with van der Waals surface area (Å²) in [4.78, 5) is 9.80. The van der Waals surface area contributed by atoms with E-state index in [0.29, 0.717) is 0 Å². The van der Waals surface area contributed by atoms with Gasteiger partial charge in [-0.3, -0.25) is 14.9 Å². The summed E-state index contributed by atoms with van der Waals surface area (Å²) in [5, 5.41) is 0. The number of carbonyl (C=O) groups is 1. The standard InChI is InChI=1S/C4H7FNO/c1-3(2-5)4(6)7/h3,6H,2H2,1H3/t3-/m0/s1. The maximum absolute atomic E-state index is 11.3. The molecule has 3 heteroatoms. The van der Waals surface area contributed by atoms with Crippen LogP contribution in [0.5, 0.6) is 0 Å². The van der Waals surface area contributed by atoms with Crippen LogP contribution >= 0.6 is 0 Å². The van der Waals surface area contributed by atoms with E-state index >= 15 is 0 Å². The van der Waals surface area contributed by atoms with E-state index in [1.54, 1.807) is 0 Å². The van der Waals surface area contributed by atoms with E-state index in [1.165, 1.54) is 6.92 Å². The molecular weight excluding hydrogens is 97.0 g/mol. The molecule has 1 amide bonds. The number of hydrogen-bond acceptors (Lipinski definition) is 1. The first kappa shape index (κ1) is 6.40. The Morgan fingerprint density at radius 1 is 2.00 bits per heavy atom. The van der Waals surface area contributed by atoms with Gasteiger partial charge in [-0.1, -0.05) is 6.92 Å². The van der Waals surface area contributed by atoms with Crippen molar-refractivity contribution < 1.29 is 9.18 Å². The second kappa shape index (κ2) is 2.55. The predicted molar refractivity (Wildman–Crippen MR) is 23.2 cm³/mol. The van der Waals surface area contributed by atoms with Crippen LogP contribution in [-0.2, 0) is 4.79 Å². The zero-order valence-electron chi connectivity index (χ0n) is 4.07. The van der Waals surface area contributed by atoms with E-state index < -0.39 is 18.5 Å². The zero-order chi connectivity index (χ0) is 5.86. The fourth-order valence-corrected chi connectivity index (χ4v) is 0.0701. The number of alkyl halides is 1. The second-order valence-electron chi connectivity index (χ2n) is 1.42. The lowest BCUT2D eigenvalue weighted by Gasteiger charge is -1.94. The van der Waals surface area contributed by atoms with Gasteiger partial charge in [0.05, 0.1) is 5.92 Å². The molecule has 2 nitrogen and oxygen atoms in total. The van der Waals surface area contributed by atoms with Crippen molar-refractivity contribution in [2.24, 2.45) is 5.92 Å². The maximum Gasteiger partial charge on any atom is 0.243 e. The molecule has 0 aliphatic heterocycles. The van der Waals surface area contributed by atoms with Gasteiger partial charge in [0, 0.05) is 0 Å². The number of nitrogens with one attached hydrogen (secondary N) is 1. The summed E-state index contributed by atoms with van der Waals surface area (Å²) in [6, 6.07) is 0. The second-order valence-corrected chi connectivity index (χ2v) is 1.42. The number of hydrogen-bond donors (Lipinski definition) is 0. The minimum atomic E-state index is -0.831. The van der Waals surface area contributed by atoms with E-state index in [9.17, 15) is 9.18 Å². The topological polar surface area (TPSA) is 40.9 Å². The lowest BCUT2D eigenvalue weighted by Crippen LogP contribution is -2.12. The highest BCUT2D eigenvalue weighted by Crippen LogP contribution is 1.91. The van der Waals surface area contributed by atoms with Gasteiger partial charge in [0.2, 0.25) is 5.91 Å². The molecule has 0 heterocycles. The average molecular weight is 104 g/mol. The van der Waals surface area contributed by atoms with E-state index in [2.05, 4.69) is 0 Å². The molecule has 0 saturated heterocycles. The van der Waals surface area contributed by atoms with Gasteiger partial charge in [0.1, 0.15) is 6.67 Å². The van der Waals surface area contributed by atoms with Crippen LogP contribution in [0.15, 0.2) is 0 Å². The van der Waals surface area contributed by atoms with E-state index in [4.69, 9.17) is 5.73 Å². The smallest absolute Gasteiger partial charge is 0.243 e. The molecule has 0 aromatic carbocycles. The van der Waals surface area contributed by atoms with E-state index in [1.807, 2.05) is 0 Å². The molecule has 1 atom stereocenters. The molecule has 41 valence electrons. The van der Waals surface area contributed by atoms with Crippen LogP contribution in [0.4, 0.5) is 4.39 Å². The van der Waals surface area contributed by atoms with Crippen LogP contribution in [0.25, 0.3) is 0 Å². The molecule has 0 unspecified atom stereocenters. The summed E-state index contributed by atoms with van der Waals surface area (Å²) < 4.78 is 11.3. The van der Waals surface area contributed by atoms with Gasteiger partial charge in [-0.15, -0.1) is 0 Å². The maximum atomic E-state index is 11.3. The molecule has 1 N–H and O–H groups in total. The van der Waals surface area contributed by atoms with Gasteiger partial charge >= 0.3 is 0 Å². The van der Waals surface area contributed by atoms with Crippen molar-refractivity contribution >= 4 is 5.91 Å². The van der Waals surface area contributed by atoms with E-state index in [-0.39, 0.29) is 0 Å². The third kappa shape index (κ3) is 2.14. The molecule has 0 saturated carbocycles. The Kier molecular flexibility index (Phi) is 2.33. The van der Waals surface area contributed by atoms with Crippen LogP contribution in [0.1, 0.15) is 6.92 Å². The van der Waals surface area contributed by atoms with Crippen molar-refractivity contribution in [2.75, 3.05) is 6.67 Å². The van der Waals surface area contributed by atoms with Gasteiger partial charge in [-0.2, -0.15) is 0 Å². The van der Waals surface area contributed by atoms with Crippen molar-refractivity contribution in [1.82, 2.24) is 5.73 Å². The van der Waals surface area contributed by atoms with Gasteiger partial charge < -0.3 is 0 Å². The largest absolute Gasteiger partial charge is 0.273 e. The van der Waals surface area contributed by atoms with Crippen LogP contribution in [-0.4, -0.2) is 12.6 Å². The summed E-state index contributed by atoms with van der Waals surface area (Å²) >= 11 is 0. The van der Waals surface area contributed by atoms with Crippen LogP contribution in [0, 0.1) is 5.92 Å². The molecule has 0 spiro atoms. The normalized spacial score (nSPS) is 13.4. The van der Waals surface area contributed by atoms with Crippen LogP contribution < -0.4 is 5.73 Å². The summed E-state index contributed by atoms with van der Waals surface area (Å²) in [5.41, 5.74) is 6.30. The van der Waals surface area contributed by atoms with Crippen molar-refractivity contribution in [3.8, 4) is 0 Å². The molecule has 0 bridgehead atoms. The Morgan fingerprint density at radius 2 is 2.43 bits per heavy atom. The predicted octanol–water partition coefficient (Wildman–Crippen LogP) is 0.402. The average Bonchev–Trinajstić information content (AvgIpc) is 1.65. The minimum Gasteiger partial charge on any atom is -0.273 e. The molecule has 0 aromatic heterocycles. The molecule has 0 rings (SSSR count). The number of halogens is 1. The highest BCUT2D eigenvalue weighted by atomic mass is 19.1. The van der Waals surface area contributed by atoms with Crippen LogP contribution in [0.3, 0.4) is 0 Å². The molecular formula is C4H7FNO. The third-order valence-electron chi connectivity index (χ3n) is 0.679. The molecule has 0 aromatic rings. The van der Waals surface area contributed by atoms with Gasteiger partial charge in [-0.25, -0.2) is 0 Å². The minimum absolute atomic E-state index is 0.720. The number of rotatable bonds is 2. The van der Waals surface area contributed by atoms with E-state index in [0.717, 1.165) is 0 Å². The highest BCUT2D eigenvalue weighted by molar-refractivity contribution is 5.75. The van der Waals surface area contributed by atoms with Gasteiger partial charge in [0.25, 0.3) is 0 Å². The molecule has 1 radical (unpaired) electrons. The lowest BCUT2D eigenvalue weighted by atomic mass is 10.2. The first-order valence-electron chi connectivity index (χ1n) is 2.00. The van der Waals surface area contributed by atoms with Crippen LogP contribution in [0.2, 0.25) is 0 Å². The highest BCUT2D eigenvalue weighted by Gasteiger charge is 2.06. The first-order valence-corrected chi connectivity index (χ1v) is 2.00. The molecule has 0 aliphatic rings. The van der Waals surface area contributed by atoms with Crippen molar-refractivity contribution in [3.63, 3.8) is 0 Å². The van der Waals surface area contributed by atoms with Crippen molar-refractivity contribution in [1.29, 1.82) is 0 Å². The monoisotopic (exact) mass is 104 g/mol. The Labute approximate surface area is 41.5 Å². The third-order valence-corrected chi connectivity index (χ3v) is 0.679. The summed E-state index contributed by atoms with van der Waals surface area (Å²) in [5.74, 6) is -1.57. The Balaban J connectivity index is 3.34. The van der Waals surface area contributed by atoms with Crippen molar-refractivity contribution in [3.05, 3.63) is 0 Å². The lowest BCUT2D eigenvalue weighted by molar-refractivity contribution is -0.122. The molecule has 7 heavy (non-hydrogen) atoms. The zero-order valence-corrected chi connectivity index (χ0v) is 4.07. The first-order chi connectivity index (χ1) is 3.18. The fraction of sp³-hybridized carbons (Fsp3) is 0.750. The van der Waals surface area contributed by atoms with Crippen molar-refractivity contribution in [2.45, 2.75) is 6.92 Å². The fourth-order valence-electron chi connectivity index (χ4n) is 0.0701.